The minimum atomic E-state index is 0.507. The van der Waals surface area contributed by atoms with Crippen molar-refractivity contribution in [1.82, 2.24) is 0 Å². The molecule has 1 unspecified atom stereocenters. The molecule has 2 aromatic carbocycles. The minimum Gasteiger partial charge on any atom is -0.381 e. The first-order valence-corrected chi connectivity index (χ1v) is 8.12. The first-order valence-electron chi connectivity index (χ1n) is 6.99. The van der Waals surface area contributed by atoms with E-state index in [1.165, 1.54) is 5.56 Å². The van der Waals surface area contributed by atoms with Gasteiger partial charge in [0.05, 0.1) is 10.0 Å². The van der Waals surface area contributed by atoms with Crippen molar-refractivity contribution in [3.8, 4) is 0 Å². The number of anilines is 1. The average molecular weight is 343 g/mol. The third kappa shape index (κ3) is 4.06. The van der Waals surface area contributed by atoms with Crippen LogP contribution in [0.15, 0.2) is 36.4 Å². The van der Waals surface area contributed by atoms with Crippen LogP contribution >= 0.6 is 34.8 Å². The molecule has 0 saturated carbocycles. The highest BCUT2D eigenvalue weighted by atomic mass is 35.5. The minimum absolute atomic E-state index is 0.507. The lowest BCUT2D eigenvalue weighted by molar-refractivity contribution is 0.734. The van der Waals surface area contributed by atoms with Gasteiger partial charge in [-0.15, -0.1) is 0 Å². The second-order valence-corrected chi connectivity index (χ2v) is 6.30. The smallest absolute Gasteiger partial charge is 0.0657 e. The Morgan fingerprint density at radius 1 is 0.952 bits per heavy atom. The molecule has 0 aromatic heterocycles. The van der Waals surface area contributed by atoms with Crippen molar-refractivity contribution in [3.63, 3.8) is 0 Å². The van der Waals surface area contributed by atoms with Crippen LogP contribution in [0.2, 0.25) is 15.1 Å². The van der Waals surface area contributed by atoms with Crippen molar-refractivity contribution in [3.05, 3.63) is 62.6 Å². The lowest BCUT2D eigenvalue weighted by Gasteiger charge is -2.13. The fourth-order valence-corrected chi connectivity index (χ4v) is 2.77. The third-order valence-corrected chi connectivity index (χ3v) is 4.90. The van der Waals surface area contributed by atoms with E-state index in [1.54, 1.807) is 12.1 Å². The Kier molecular flexibility index (Phi) is 5.80. The number of rotatable bonds is 5. The lowest BCUT2D eigenvalue weighted by Crippen LogP contribution is -2.01. The second kappa shape index (κ2) is 7.40. The topological polar surface area (TPSA) is 12.0 Å². The largest absolute Gasteiger partial charge is 0.381 e. The maximum absolute atomic E-state index is 6.19. The molecule has 2 rings (SSSR count). The fraction of sp³-hybridized carbons (Fsp3) is 0.294. The van der Waals surface area contributed by atoms with Gasteiger partial charge in [0.15, 0.2) is 0 Å². The summed E-state index contributed by atoms with van der Waals surface area (Å²) < 4.78 is 0. The average Bonchev–Trinajstić information content (AvgIpc) is 2.51. The molecular formula is C17H18Cl3N. The van der Waals surface area contributed by atoms with E-state index in [0.717, 1.165) is 17.7 Å². The Labute approximate surface area is 141 Å². The van der Waals surface area contributed by atoms with Gasteiger partial charge in [0.2, 0.25) is 0 Å². The molecule has 0 fully saturated rings. The van der Waals surface area contributed by atoms with Gasteiger partial charge in [0.1, 0.15) is 0 Å². The van der Waals surface area contributed by atoms with Crippen molar-refractivity contribution in [2.75, 3.05) is 5.32 Å². The Balaban J connectivity index is 2.08. The van der Waals surface area contributed by atoms with Crippen LogP contribution in [0.3, 0.4) is 0 Å². The van der Waals surface area contributed by atoms with Gasteiger partial charge >= 0.3 is 0 Å². The normalized spacial score (nSPS) is 12.2. The van der Waals surface area contributed by atoms with Gasteiger partial charge in [-0.25, -0.2) is 0 Å². The van der Waals surface area contributed by atoms with Crippen LogP contribution in [0.5, 0.6) is 0 Å². The maximum Gasteiger partial charge on any atom is 0.0657 e. The summed E-state index contributed by atoms with van der Waals surface area (Å²) in [6.07, 6.45) is 1.14. The summed E-state index contributed by atoms with van der Waals surface area (Å²) in [5.74, 6) is 0.580. The van der Waals surface area contributed by atoms with E-state index in [0.29, 0.717) is 27.5 Å². The van der Waals surface area contributed by atoms with E-state index in [1.807, 2.05) is 0 Å². The van der Waals surface area contributed by atoms with Crippen molar-refractivity contribution < 1.29 is 0 Å². The molecule has 0 radical (unpaired) electrons. The van der Waals surface area contributed by atoms with Gasteiger partial charge in [0, 0.05) is 22.8 Å². The van der Waals surface area contributed by atoms with Crippen LogP contribution in [0, 0.1) is 0 Å². The third-order valence-electron chi connectivity index (χ3n) is 3.70. The van der Waals surface area contributed by atoms with Crippen LogP contribution in [-0.4, -0.2) is 0 Å². The zero-order chi connectivity index (χ0) is 15.4. The standard InChI is InChI=1S/C17H18Cl3N/c1-3-11(2)12-4-6-13(7-5-12)21-10-14-15(18)8-9-16(19)17(14)20/h4-9,11,21H,3,10H2,1-2H3. The zero-order valence-electron chi connectivity index (χ0n) is 12.1. The molecule has 1 atom stereocenters. The number of nitrogens with one attached hydrogen (secondary N) is 1. The molecule has 21 heavy (non-hydrogen) atoms. The summed E-state index contributed by atoms with van der Waals surface area (Å²) in [5, 5.41) is 4.97. The Morgan fingerprint density at radius 2 is 1.57 bits per heavy atom. The van der Waals surface area contributed by atoms with Gasteiger partial charge in [-0.2, -0.15) is 0 Å². The summed E-state index contributed by atoms with van der Waals surface area (Å²) in [6.45, 7) is 4.97. The quantitative estimate of drug-likeness (QED) is 0.591. The molecule has 0 aliphatic carbocycles. The van der Waals surface area contributed by atoms with Crippen molar-refractivity contribution >= 4 is 40.5 Å². The maximum atomic E-state index is 6.19. The highest BCUT2D eigenvalue weighted by Crippen LogP contribution is 2.32. The molecule has 0 amide bonds. The van der Waals surface area contributed by atoms with Gasteiger partial charge in [0.25, 0.3) is 0 Å². The molecule has 0 spiro atoms. The number of benzene rings is 2. The molecular weight excluding hydrogens is 325 g/mol. The molecule has 0 saturated heterocycles. The number of hydrogen-bond acceptors (Lipinski definition) is 1. The first-order chi connectivity index (χ1) is 10.0. The van der Waals surface area contributed by atoms with Gasteiger partial charge in [-0.05, 0) is 42.2 Å². The van der Waals surface area contributed by atoms with E-state index in [9.17, 15) is 0 Å². The van der Waals surface area contributed by atoms with Crippen LogP contribution in [0.25, 0.3) is 0 Å². The summed E-state index contributed by atoms with van der Waals surface area (Å²) in [4.78, 5) is 0. The molecule has 0 bridgehead atoms. The number of hydrogen-bond donors (Lipinski definition) is 1. The molecule has 0 aliphatic heterocycles. The highest BCUT2D eigenvalue weighted by molar-refractivity contribution is 6.44. The van der Waals surface area contributed by atoms with E-state index in [2.05, 4.69) is 43.4 Å². The highest BCUT2D eigenvalue weighted by Gasteiger charge is 2.09. The molecule has 1 nitrogen and oxygen atoms in total. The summed E-state index contributed by atoms with van der Waals surface area (Å²) in [7, 11) is 0. The van der Waals surface area contributed by atoms with E-state index in [-0.39, 0.29) is 0 Å². The predicted molar refractivity (Wildman–Crippen MR) is 93.9 cm³/mol. The lowest BCUT2D eigenvalue weighted by atomic mass is 9.99. The van der Waals surface area contributed by atoms with Crippen molar-refractivity contribution in [2.24, 2.45) is 0 Å². The Morgan fingerprint density at radius 3 is 2.19 bits per heavy atom. The summed E-state index contributed by atoms with van der Waals surface area (Å²) in [6, 6.07) is 11.9. The van der Waals surface area contributed by atoms with Gasteiger partial charge < -0.3 is 5.32 Å². The van der Waals surface area contributed by atoms with Crippen molar-refractivity contribution in [1.29, 1.82) is 0 Å². The zero-order valence-corrected chi connectivity index (χ0v) is 14.4. The summed E-state index contributed by atoms with van der Waals surface area (Å²) in [5.41, 5.74) is 3.20. The van der Waals surface area contributed by atoms with Crippen LogP contribution in [-0.2, 0) is 6.54 Å². The van der Waals surface area contributed by atoms with Gasteiger partial charge in [-0.3, -0.25) is 0 Å². The Hall–Kier alpha value is -0.890. The molecule has 0 aliphatic rings. The predicted octanol–water partition coefficient (Wildman–Crippen LogP) is 6.77. The SMILES string of the molecule is CCC(C)c1ccc(NCc2c(Cl)ccc(Cl)c2Cl)cc1. The fourth-order valence-electron chi connectivity index (χ4n) is 2.09. The monoisotopic (exact) mass is 341 g/mol. The Bertz CT molecular complexity index is 608. The number of halogens is 3. The van der Waals surface area contributed by atoms with Crippen LogP contribution < -0.4 is 5.32 Å². The molecule has 112 valence electrons. The van der Waals surface area contributed by atoms with E-state index in [4.69, 9.17) is 34.8 Å². The van der Waals surface area contributed by atoms with E-state index < -0.39 is 0 Å². The molecule has 2 aromatic rings. The molecule has 1 N–H and O–H groups in total. The van der Waals surface area contributed by atoms with E-state index >= 15 is 0 Å². The van der Waals surface area contributed by atoms with Crippen LogP contribution in [0.1, 0.15) is 37.3 Å². The van der Waals surface area contributed by atoms with Gasteiger partial charge in [-0.1, -0.05) is 60.8 Å². The molecule has 4 heteroatoms. The molecule has 0 heterocycles. The first kappa shape index (κ1) is 16.5. The van der Waals surface area contributed by atoms with Crippen LogP contribution in [0.4, 0.5) is 5.69 Å². The summed E-state index contributed by atoms with van der Waals surface area (Å²) >= 11 is 18.4. The van der Waals surface area contributed by atoms with Crippen molar-refractivity contribution in [2.45, 2.75) is 32.7 Å². The second-order valence-electron chi connectivity index (χ2n) is 5.11.